The Morgan fingerprint density at radius 2 is 1.17 bits per heavy atom. The molecule has 0 rings (SSSR count). The van der Waals surface area contributed by atoms with Crippen molar-refractivity contribution in [3.63, 3.8) is 0 Å². The van der Waals surface area contributed by atoms with Crippen molar-refractivity contribution < 1.29 is 4.79 Å². The summed E-state index contributed by atoms with van der Waals surface area (Å²) in [7, 11) is 3.49. The van der Waals surface area contributed by atoms with Crippen molar-refractivity contribution in [3.05, 3.63) is 72.9 Å². The topological polar surface area (TPSA) is 55.1 Å². The smallest absolute Gasteiger partial charge is 0.243 e. The fourth-order valence-electron chi connectivity index (χ4n) is 2.04. The van der Waals surface area contributed by atoms with Gasteiger partial charge in [0.25, 0.3) is 0 Å². The van der Waals surface area contributed by atoms with Gasteiger partial charge in [-0.05, 0) is 44.6 Å². The lowest BCUT2D eigenvalue weighted by molar-refractivity contribution is -0.116. The van der Waals surface area contributed by atoms with Crippen LogP contribution in [-0.4, -0.2) is 30.5 Å². The molecule has 0 aliphatic carbocycles. The molecule has 0 fully saturated rings. The molecule has 0 bridgehead atoms. The minimum Gasteiger partial charge on any atom is -0.352 e. The van der Waals surface area contributed by atoms with Crippen LogP contribution in [0.25, 0.3) is 0 Å². The molecule has 0 heterocycles. The second-order valence-corrected chi connectivity index (χ2v) is 8.77. The average molecular weight is 435 g/mol. The summed E-state index contributed by atoms with van der Waals surface area (Å²) in [5, 5.41) is 2.87. The van der Waals surface area contributed by atoms with Gasteiger partial charge in [0.15, 0.2) is 0 Å². The van der Waals surface area contributed by atoms with Crippen molar-refractivity contribution in [2.75, 3.05) is 24.6 Å². The number of nitrogens with one attached hydrogen (secondary N) is 1. The largest absolute Gasteiger partial charge is 0.352 e. The normalized spacial score (nSPS) is 12.8. The monoisotopic (exact) mass is 434 g/mol. The van der Waals surface area contributed by atoms with Crippen LogP contribution in [0.15, 0.2) is 72.9 Å². The molecule has 3 N–H and O–H groups in total. The summed E-state index contributed by atoms with van der Waals surface area (Å²) in [6.45, 7) is 3.54. The Morgan fingerprint density at radius 1 is 0.724 bits per heavy atom. The van der Waals surface area contributed by atoms with Gasteiger partial charge in [-0.1, -0.05) is 95.3 Å². The Kier molecular flexibility index (Phi) is 23.4. The molecule has 0 radical (unpaired) electrons. The molecule has 0 saturated heterocycles. The van der Waals surface area contributed by atoms with Crippen LogP contribution >= 0.6 is 21.6 Å². The third-order valence-electron chi connectivity index (χ3n) is 3.47. The van der Waals surface area contributed by atoms with Gasteiger partial charge in [-0.3, -0.25) is 4.79 Å². The highest BCUT2D eigenvalue weighted by atomic mass is 33.1. The lowest BCUT2D eigenvalue weighted by Gasteiger charge is -2.01. The van der Waals surface area contributed by atoms with E-state index in [2.05, 4.69) is 73.0 Å². The summed E-state index contributed by atoms with van der Waals surface area (Å²) in [6.07, 6.45) is 31.1. The van der Waals surface area contributed by atoms with Crippen LogP contribution in [0.1, 0.15) is 45.4 Å². The first-order valence-electron chi connectivity index (χ1n) is 10.4. The second-order valence-electron chi connectivity index (χ2n) is 6.07. The Balaban J connectivity index is 3.57. The number of hydrogen-bond acceptors (Lipinski definition) is 4. The molecule has 0 aliphatic rings. The maximum Gasteiger partial charge on any atom is 0.243 e. The van der Waals surface area contributed by atoms with Crippen LogP contribution < -0.4 is 11.1 Å². The summed E-state index contributed by atoms with van der Waals surface area (Å²) in [4.78, 5) is 11.6. The lowest BCUT2D eigenvalue weighted by Crippen LogP contribution is -2.23. The molecule has 0 aliphatic heterocycles. The second kappa shape index (κ2) is 24.6. The first-order chi connectivity index (χ1) is 14.3. The van der Waals surface area contributed by atoms with Crippen LogP contribution in [0.5, 0.6) is 0 Å². The van der Waals surface area contributed by atoms with E-state index >= 15 is 0 Å². The predicted molar refractivity (Wildman–Crippen MR) is 135 cm³/mol. The molecule has 0 atom stereocenters. The maximum absolute atomic E-state index is 11.6. The number of hydrogen-bond donors (Lipinski definition) is 2. The summed E-state index contributed by atoms with van der Waals surface area (Å²) in [5.41, 5.74) is 5.42. The summed E-state index contributed by atoms with van der Waals surface area (Å²) in [5.74, 6) is 1.83. The molecule has 29 heavy (non-hydrogen) atoms. The zero-order valence-electron chi connectivity index (χ0n) is 17.8. The lowest BCUT2D eigenvalue weighted by atomic mass is 10.2. The first kappa shape index (κ1) is 27.6. The van der Waals surface area contributed by atoms with Crippen molar-refractivity contribution in [1.29, 1.82) is 0 Å². The van der Waals surface area contributed by atoms with Crippen molar-refractivity contribution in [2.24, 2.45) is 5.73 Å². The van der Waals surface area contributed by atoms with Crippen LogP contribution in [0.2, 0.25) is 0 Å². The van der Waals surface area contributed by atoms with E-state index in [9.17, 15) is 4.79 Å². The SMILES string of the molecule is CC/C=C\C/C=C\C/C=C\C/C=C\C/C=C\C/C=C\C(=O)NCCSSCCN. The average Bonchev–Trinajstić information content (AvgIpc) is 2.73. The highest BCUT2D eigenvalue weighted by molar-refractivity contribution is 8.76. The van der Waals surface area contributed by atoms with Gasteiger partial charge < -0.3 is 11.1 Å². The number of carbonyl (C=O) groups is 1. The van der Waals surface area contributed by atoms with Crippen LogP contribution in [0, 0.1) is 0 Å². The molecule has 1 amide bonds. The van der Waals surface area contributed by atoms with Gasteiger partial charge in [0.05, 0.1) is 0 Å². The van der Waals surface area contributed by atoms with Crippen LogP contribution in [-0.2, 0) is 4.79 Å². The Morgan fingerprint density at radius 3 is 1.66 bits per heavy atom. The molecule has 0 aromatic rings. The van der Waals surface area contributed by atoms with Crippen molar-refractivity contribution in [3.8, 4) is 0 Å². The minimum atomic E-state index is -0.0261. The van der Waals surface area contributed by atoms with E-state index in [1.165, 1.54) is 0 Å². The summed E-state index contributed by atoms with van der Waals surface area (Å²) in [6, 6.07) is 0. The molecule has 0 saturated carbocycles. The maximum atomic E-state index is 11.6. The van der Waals surface area contributed by atoms with Crippen LogP contribution in [0.4, 0.5) is 0 Å². The first-order valence-corrected chi connectivity index (χ1v) is 12.9. The number of carbonyl (C=O) groups excluding carboxylic acids is 1. The van der Waals surface area contributed by atoms with Gasteiger partial charge in [-0.2, -0.15) is 0 Å². The molecular weight excluding hydrogens is 396 g/mol. The highest BCUT2D eigenvalue weighted by Gasteiger charge is 1.94. The fourth-order valence-corrected chi connectivity index (χ4v) is 3.80. The van der Waals surface area contributed by atoms with E-state index in [0.717, 1.165) is 50.0 Å². The molecule has 0 aromatic heterocycles. The van der Waals surface area contributed by atoms with E-state index in [1.54, 1.807) is 27.7 Å². The molecule has 0 unspecified atom stereocenters. The van der Waals surface area contributed by atoms with Gasteiger partial charge >= 0.3 is 0 Å². The number of amides is 1. The van der Waals surface area contributed by atoms with Gasteiger partial charge in [0.1, 0.15) is 0 Å². The molecular formula is C24H38N2OS2. The summed E-state index contributed by atoms with van der Waals surface area (Å²) < 4.78 is 0. The summed E-state index contributed by atoms with van der Waals surface area (Å²) >= 11 is 0. The van der Waals surface area contributed by atoms with Crippen molar-refractivity contribution in [1.82, 2.24) is 5.32 Å². The number of rotatable bonds is 18. The van der Waals surface area contributed by atoms with E-state index in [0.29, 0.717) is 13.1 Å². The zero-order valence-corrected chi connectivity index (χ0v) is 19.4. The zero-order chi connectivity index (χ0) is 21.3. The number of allylic oxidation sites excluding steroid dienone is 11. The van der Waals surface area contributed by atoms with E-state index in [-0.39, 0.29) is 5.91 Å². The Hall–Kier alpha value is -1.43. The van der Waals surface area contributed by atoms with Gasteiger partial charge in [0, 0.05) is 24.6 Å². The molecule has 162 valence electrons. The van der Waals surface area contributed by atoms with Crippen molar-refractivity contribution in [2.45, 2.75) is 45.4 Å². The third-order valence-corrected chi connectivity index (χ3v) is 5.91. The highest BCUT2D eigenvalue weighted by Crippen LogP contribution is 2.18. The van der Waals surface area contributed by atoms with Gasteiger partial charge in [-0.25, -0.2) is 0 Å². The molecule has 0 spiro atoms. The van der Waals surface area contributed by atoms with Crippen molar-refractivity contribution >= 4 is 27.5 Å². The van der Waals surface area contributed by atoms with Gasteiger partial charge in [-0.15, -0.1) is 0 Å². The molecule has 3 nitrogen and oxygen atoms in total. The fraction of sp³-hybridized carbons (Fsp3) is 0.458. The number of nitrogens with two attached hydrogens (primary N) is 1. The Labute approximate surface area is 186 Å². The van der Waals surface area contributed by atoms with E-state index < -0.39 is 0 Å². The quantitative estimate of drug-likeness (QED) is 0.118. The standard InChI is InChI=1S/C24H38N2OS2/c1-2-3-4-5-6-7-8-9-10-11-12-13-14-15-16-17-18-19-24(27)26-21-23-29-28-22-20-25/h3-4,6-7,9-10,12-13,15-16,18-19H,2,5,8,11,14,17,20-23,25H2,1H3,(H,26,27)/b4-3-,7-6-,10-9-,13-12-,16-15-,19-18-. The van der Waals surface area contributed by atoms with E-state index in [4.69, 9.17) is 5.73 Å². The minimum absolute atomic E-state index is 0.0261. The predicted octanol–water partition coefficient (Wildman–Crippen LogP) is 6.14. The molecule has 0 aromatic carbocycles. The van der Waals surface area contributed by atoms with Crippen LogP contribution in [0.3, 0.4) is 0 Å². The molecule has 5 heteroatoms. The third kappa shape index (κ3) is 24.5. The van der Waals surface area contributed by atoms with E-state index in [1.807, 2.05) is 6.08 Å². The van der Waals surface area contributed by atoms with Gasteiger partial charge in [0.2, 0.25) is 5.91 Å². The Bertz CT molecular complexity index is 549.